The zero-order valence-corrected chi connectivity index (χ0v) is 20.0. The first-order valence-electron chi connectivity index (χ1n) is 11.6. The van der Waals surface area contributed by atoms with E-state index < -0.39 is 0 Å². The molecular formula is C25H29ClN6O. The van der Waals surface area contributed by atoms with Crippen molar-refractivity contribution in [2.75, 3.05) is 13.1 Å². The molecule has 0 aliphatic carbocycles. The van der Waals surface area contributed by atoms with Gasteiger partial charge >= 0.3 is 0 Å². The molecule has 4 aromatic rings. The number of nitrogens with zero attached hydrogens (tertiary/aromatic N) is 5. The first-order chi connectivity index (χ1) is 16.0. The Bertz CT molecular complexity index is 1260. The van der Waals surface area contributed by atoms with E-state index in [0.29, 0.717) is 29.0 Å². The second-order valence-corrected chi connectivity index (χ2v) is 9.57. The average Bonchev–Trinajstić information content (AvgIpc) is 3.29. The lowest BCUT2D eigenvalue weighted by Gasteiger charge is -2.34. The van der Waals surface area contributed by atoms with E-state index in [1.54, 1.807) is 12.7 Å². The summed E-state index contributed by atoms with van der Waals surface area (Å²) < 4.78 is 6.51. The van der Waals surface area contributed by atoms with Crippen LogP contribution in [0, 0.1) is 0 Å². The predicted octanol–water partition coefficient (Wildman–Crippen LogP) is 5.15. The third-order valence-electron chi connectivity index (χ3n) is 6.58. The maximum Gasteiger partial charge on any atom is 0.223 e. The van der Waals surface area contributed by atoms with Crippen molar-refractivity contribution in [3.63, 3.8) is 0 Å². The van der Waals surface area contributed by atoms with Gasteiger partial charge in [0.25, 0.3) is 0 Å². The molecule has 0 bridgehead atoms. The Kier molecular flexibility index (Phi) is 6.17. The molecule has 1 aliphatic heterocycles. The maximum absolute atomic E-state index is 6.60. The van der Waals surface area contributed by atoms with Gasteiger partial charge in [-0.25, -0.2) is 19.9 Å². The first-order valence-corrected chi connectivity index (χ1v) is 12.0. The van der Waals surface area contributed by atoms with Gasteiger partial charge in [-0.2, -0.15) is 0 Å². The molecular weight excluding hydrogens is 436 g/mol. The van der Waals surface area contributed by atoms with Gasteiger partial charge in [0.05, 0.1) is 22.4 Å². The van der Waals surface area contributed by atoms with E-state index in [1.807, 2.05) is 12.1 Å². The van der Waals surface area contributed by atoms with Crippen LogP contribution in [0.4, 0.5) is 0 Å². The topological polar surface area (TPSA) is 79.8 Å². The highest BCUT2D eigenvalue weighted by Gasteiger charge is 2.24. The van der Waals surface area contributed by atoms with Crippen molar-refractivity contribution in [1.29, 1.82) is 0 Å². The van der Waals surface area contributed by atoms with E-state index in [0.717, 1.165) is 53.6 Å². The molecule has 0 amide bonds. The van der Waals surface area contributed by atoms with Gasteiger partial charge in [-0.15, -0.1) is 0 Å². The monoisotopic (exact) mass is 464 g/mol. The van der Waals surface area contributed by atoms with E-state index in [-0.39, 0.29) is 12.0 Å². The molecule has 0 spiro atoms. The molecule has 172 valence electrons. The van der Waals surface area contributed by atoms with Gasteiger partial charge < -0.3 is 14.6 Å². The van der Waals surface area contributed by atoms with Crippen LogP contribution in [-0.2, 0) is 6.42 Å². The van der Waals surface area contributed by atoms with Gasteiger partial charge in [0, 0.05) is 37.2 Å². The van der Waals surface area contributed by atoms with Gasteiger partial charge in [0.1, 0.15) is 17.9 Å². The first kappa shape index (κ1) is 22.0. The Morgan fingerprint density at radius 2 is 1.97 bits per heavy atom. The van der Waals surface area contributed by atoms with Crippen molar-refractivity contribution in [1.82, 2.24) is 29.8 Å². The van der Waals surface area contributed by atoms with E-state index in [1.165, 1.54) is 0 Å². The van der Waals surface area contributed by atoms with Crippen molar-refractivity contribution in [2.24, 2.45) is 0 Å². The molecule has 1 fully saturated rings. The Morgan fingerprint density at radius 3 is 2.76 bits per heavy atom. The number of likely N-dealkylation sites (tertiary alicyclic amines) is 1. The van der Waals surface area contributed by atoms with Crippen LogP contribution < -0.4 is 4.74 Å². The molecule has 1 atom stereocenters. The summed E-state index contributed by atoms with van der Waals surface area (Å²) in [5.74, 6) is 0.761. The summed E-state index contributed by atoms with van der Waals surface area (Å²) in [6.45, 7) is 8.73. The Morgan fingerprint density at radius 1 is 1.15 bits per heavy atom. The summed E-state index contributed by atoms with van der Waals surface area (Å²) in [4.78, 5) is 23.6. The molecule has 0 unspecified atom stereocenters. The molecule has 5 rings (SSSR count). The van der Waals surface area contributed by atoms with Gasteiger partial charge in [0.15, 0.2) is 5.65 Å². The third-order valence-corrected chi connectivity index (χ3v) is 6.90. The minimum absolute atomic E-state index is 0.125. The summed E-state index contributed by atoms with van der Waals surface area (Å²) in [7, 11) is 0. The fourth-order valence-corrected chi connectivity index (χ4v) is 4.88. The van der Waals surface area contributed by atoms with Crippen molar-refractivity contribution in [3.8, 4) is 5.88 Å². The number of benzene rings is 1. The van der Waals surface area contributed by atoms with Gasteiger partial charge in [-0.3, -0.25) is 0 Å². The number of piperidine rings is 1. The van der Waals surface area contributed by atoms with Crippen molar-refractivity contribution < 1.29 is 4.74 Å². The number of pyridine rings is 1. The second kappa shape index (κ2) is 9.23. The number of rotatable bonds is 6. The lowest BCUT2D eigenvalue weighted by Crippen LogP contribution is -2.41. The van der Waals surface area contributed by atoms with Crippen LogP contribution in [0.25, 0.3) is 21.9 Å². The Labute approximate surface area is 198 Å². The molecule has 1 aliphatic rings. The smallest absolute Gasteiger partial charge is 0.223 e. The van der Waals surface area contributed by atoms with Gasteiger partial charge in [-0.1, -0.05) is 30.7 Å². The third kappa shape index (κ3) is 4.52. The van der Waals surface area contributed by atoms with Crippen molar-refractivity contribution in [2.45, 2.75) is 58.1 Å². The number of ether oxygens (including phenoxy) is 1. The molecule has 1 saturated heterocycles. The molecule has 3 aromatic heterocycles. The number of aromatic nitrogens is 5. The Hall–Kier alpha value is -2.77. The summed E-state index contributed by atoms with van der Waals surface area (Å²) in [5.41, 5.74) is 3.45. The number of hydrogen-bond donors (Lipinski definition) is 1. The minimum atomic E-state index is 0.125. The number of halogens is 1. The molecule has 1 aromatic carbocycles. The van der Waals surface area contributed by atoms with Crippen LogP contribution >= 0.6 is 11.6 Å². The van der Waals surface area contributed by atoms with E-state index in [9.17, 15) is 0 Å². The second-order valence-electron chi connectivity index (χ2n) is 9.16. The van der Waals surface area contributed by atoms with Crippen LogP contribution in [0.15, 0.2) is 36.9 Å². The van der Waals surface area contributed by atoms with Crippen molar-refractivity contribution in [3.05, 3.63) is 53.3 Å². The highest BCUT2D eigenvalue weighted by molar-refractivity contribution is 6.36. The predicted molar refractivity (Wildman–Crippen MR) is 131 cm³/mol. The molecule has 8 heteroatoms. The lowest BCUT2D eigenvalue weighted by atomic mass is 9.98. The molecule has 0 radical (unpaired) electrons. The summed E-state index contributed by atoms with van der Waals surface area (Å²) >= 11 is 6.60. The Balaban J connectivity index is 1.44. The average molecular weight is 465 g/mol. The number of H-pyrrole nitrogens is 1. The SMILES string of the molecule is CC(C)N1CCC(Oc2nc([C@H](C)Cc3ncnc4nc[nH]c34)cc3cccc(Cl)c23)CC1. The number of nitrogens with one attached hydrogen (secondary N) is 1. The number of aromatic amines is 1. The number of imidazole rings is 1. The molecule has 0 saturated carbocycles. The standard InChI is InChI=1S/C25H29ClN6O/c1-15(2)32-9-7-18(8-10-32)33-25-22-17(5-4-6-19(22)26)12-20(31-25)16(3)11-21-23-24(29-13-27-21)30-14-28-23/h4-6,12-16,18H,7-11H2,1-3H3,(H,27,28,29,30)/t16-/m1/s1. The van der Waals surface area contributed by atoms with Crippen LogP contribution in [0.2, 0.25) is 5.02 Å². The molecule has 33 heavy (non-hydrogen) atoms. The zero-order valence-electron chi connectivity index (χ0n) is 19.3. The summed E-state index contributed by atoms with van der Waals surface area (Å²) in [5, 5.41) is 2.60. The minimum Gasteiger partial charge on any atom is -0.474 e. The number of fused-ring (bicyclic) bond motifs is 2. The lowest BCUT2D eigenvalue weighted by molar-refractivity contribution is 0.0822. The number of hydrogen-bond acceptors (Lipinski definition) is 6. The molecule has 7 nitrogen and oxygen atoms in total. The maximum atomic E-state index is 6.60. The highest BCUT2D eigenvalue weighted by Crippen LogP contribution is 2.35. The summed E-state index contributed by atoms with van der Waals surface area (Å²) in [6, 6.07) is 8.63. The highest BCUT2D eigenvalue weighted by atomic mass is 35.5. The van der Waals surface area contributed by atoms with E-state index in [2.05, 4.69) is 57.7 Å². The molecule has 4 heterocycles. The fraction of sp³-hybridized carbons (Fsp3) is 0.440. The van der Waals surface area contributed by atoms with Gasteiger partial charge in [-0.05, 0) is 44.2 Å². The van der Waals surface area contributed by atoms with Crippen LogP contribution in [0.3, 0.4) is 0 Å². The summed E-state index contributed by atoms with van der Waals surface area (Å²) in [6.07, 6.45) is 6.06. The molecule has 1 N–H and O–H groups in total. The van der Waals surface area contributed by atoms with Crippen LogP contribution in [-0.4, -0.2) is 55.1 Å². The normalized spacial score (nSPS) is 16.6. The largest absolute Gasteiger partial charge is 0.474 e. The van der Waals surface area contributed by atoms with E-state index >= 15 is 0 Å². The fourth-order valence-electron chi connectivity index (χ4n) is 4.62. The van der Waals surface area contributed by atoms with E-state index in [4.69, 9.17) is 21.3 Å². The van der Waals surface area contributed by atoms with Crippen molar-refractivity contribution >= 4 is 33.5 Å². The quantitative estimate of drug-likeness (QED) is 0.425. The van der Waals surface area contributed by atoms with Gasteiger partial charge in [0.2, 0.25) is 5.88 Å². The van der Waals surface area contributed by atoms with Crippen LogP contribution in [0.5, 0.6) is 5.88 Å². The zero-order chi connectivity index (χ0) is 22.9. The van der Waals surface area contributed by atoms with Crippen LogP contribution in [0.1, 0.15) is 50.9 Å².